The minimum Gasteiger partial charge on any atom is -0.493 e. The maximum Gasteiger partial charge on any atom is 0.237 e. The first-order chi connectivity index (χ1) is 9.74. The maximum absolute atomic E-state index is 12.0. The molecule has 1 heterocycles. The van der Waals surface area contributed by atoms with Crippen LogP contribution in [0.25, 0.3) is 0 Å². The molecule has 1 aromatic carbocycles. The molecule has 118 valence electrons. The summed E-state index contributed by atoms with van der Waals surface area (Å²) in [5, 5.41) is 6.20. The molecule has 1 fully saturated rings. The molecule has 1 aliphatic rings. The van der Waals surface area contributed by atoms with E-state index < -0.39 is 0 Å². The summed E-state index contributed by atoms with van der Waals surface area (Å²) in [6.07, 6.45) is 3.18. The van der Waals surface area contributed by atoms with Gasteiger partial charge in [-0.05, 0) is 37.1 Å². The van der Waals surface area contributed by atoms with Crippen molar-refractivity contribution >= 4 is 18.3 Å². The predicted molar refractivity (Wildman–Crippen MR) is 84.3 cm³/mol. The van der Waals surface area contributed by atoms with Gasteiger partial charge in [0.05, 0.1) is 20.3 Å². The maximum atomic E-state index is 12.0. The van der Waals surface area contributed by atoms with E-state index in [2.05, 4.69) is 10.6 Å². The zero-order valence-corrected chi connectivity index (χ0v) is 13.3. The Labute approximate surface area is 131 Å². The summed E-state index contributed by atoms with van der Waals surface area (Å²) in [5.41, 5.74) is 0.992. The van der Waals surface area contributed by atoms with E-state index in [9.17, 15) is 4.79 Å². The van der Waals surface area contributed by atoms with E-state index in [4.69, 9.17) is 9.47 Å². The number of piperidine rings is 1. The van der Waals surface area contributed by atoms with Crippen molar-refractivity contribution in [3.63, 3.8) is 0 Å². The molecule has 0 radical (unpaired) electrons. The van der Waals surface area contributed by atoms with E-state index in [1.807, 2.05) is 18.2 Å². The first kappa shape index (κ1) is 17.6. The lowest BCUT2D eigenvalue weighted by Gasteiger charge is -2.22. The van der Waals surface area contributed by atoms with Gasteiger partial charge in [0, 0.05) is 6.54 Å². The van der Waals surface area contributed by atoms with Crippen molar-refractivity contribution in [1.29, 1.82) is 0 Å². The molecule has 21 heavy (non-hydrogen) atoms. The highest BCUT2D eigenvalue weighted by atomic mass is 35.5. The highest BCUT2D eigenvalue weighted by Gasteiger charge is 2.19. The summed E-state index contributed by atoms with van der Waals surface area (Å²) in [7, 11) is 3.21. The van der Waals surface area contributed by atoms with Crippen LogP contribution in [0.3, 0.4) is 0 Å². The minimum atomic E-state index is -0.0520. The zero-order chi connectivity index (χ0) is 14.4. The summed E-state index contributed by atoms with van der Waals surface area (Å²) >= 11 is 0. The van der Waals surface area contributed by atoms with Crippen molar-refractivity contribution in [2.45, 2.75) is 31.8 Å². The number of methoxy groups -OCH3 is 2. The van der Waals surface area contributed by atoms with Gasteiger partial charge in [-0.15, -0.1) is 12.4 Å². The molecule has 1 aromatic rings. The molecule has 2 N–H and O–H groups in total. The average molecular weight is 315 g/mol. The number of rotatable bonds is 5. The van der Waals surface area contributed by atoms with Crippen LogP contribution < -0.4 is 20.1 Å². The van der Waals surface area contributed by atoms with Gasteiger partial charge in [-0.1, -0.05) is 12.5 Å². The molecular weight excluding hydrogens is 292 g/mol. The molecule has 0 spiro atoms. The van der Waals surface area contributed by atoms with E-state index in [1.54, 1.807) is 14.2 Å². The SMILES string of the molecule is COc1ccc(CNC(=O)C2CCCCN2)cc1OC.Cl. The Morgan fingerprint density at radius 2 is 2.05 bits per heavy atom. The van der Waals surface area contributed by atoms with Crippen LogP contribution >= 0.6 is 12.4 Å². The number of nitrogens with one attached hydrogen (secondary N) is 2. The van der Waals surface area contributed by atoms with Gasteiger partial charge < -0.3 is 20.1 Å². The topological polar surface area (TPSA) is 59.6 Å². The quantitative estimate of drug-likeness (QED) is 0.871. The lowest BCUT2D eigenvalue weighted by atomic mass is 10.0. The second-order valence-corrected chi connectivity index (χ2v) is 4.91. The van der Waals surface area contributed by atoms with Crippen LogP contribution in [0.1, 0.15) is 24.8 Å². The summed E-state index contributed by atoms with van der Waals surface area (Å²) in [5.74, 6) is 1.44. The van der Waals surface area contributed by atoms with Crippen LogP contribution in [0, 0.1) is 0 Å². The Kier molecular flexibility index (Phi) is 7.32. The van der Waals surface area contributed by atoms with Gasteiger partial charge in [0.25, 0.3) is 0 Å². The van der Waals surface area contributed by atoms with Crippen molar-refractivity contribution in [2.75, 3.05) is 20.8 Å². The number of hydrogen-bond acceptors (Lipinski definition) is 4. The molecule has 0 aliphatic carbocycles. The lowest BCUT2D eigenvalue weighted by molar-refractivity contribution is -0.123. The third kappa shape index (κ3) is 4.79. The Morgan fingerprint density at radius 1 is 1.29 bits per heavy atom. The van der Waals surface area contributed by atoms with Gasteiger partial charge >= 0.3 is 0 Å². The average Bonchev–Trinajstić information content (AvgIpc) is 2.53. The molecule has 6 heteroatoms. The van der Waals surface area contributed by atoms with Crippen LogP contribution in [-0.4, -0.2) is 32.7 Å². The number of hydrogen-bond donors (Lipinski definition) is 2. The van der Waals surface area contributed by atoms with Gasteiger partial charge in [-0.3, -0.25) is 4.79 Å². The highest BCUT2D eigenvalue weighted by Crippen LogP contribution is 2.27. The van der Waals surface area contributed by atoms with Gasteiger partial charge in [-0.2, -0.15) is 0 Å². The fraction of sp³-hybridized carbons (Fsp3) is 0.533. The summed E-state index contributed by atoms with van der Waals surface area (Å²) in [4.78, 5) is 12.0. The van der Waals surface area contributed by atoms with Crippen molar-refractivity contribution in [3.8, 4) is 11.5 Å². The molecule has 1 unspecified atom stereocenters. The van der Waals surface area contributed by atoms with Gasteiger partial charge in [0.2, 0.25) is 5.91 Å². The Bertz CT molecular complexity index is 462. The van der Waals surface area contributed by atoms with E-state index in [-0.39, 0.29) is 24.4 Å². The Morgan fingerprint density at radius 3 is 2.67 bits per heavy atom. The Balaban J connectivity index is 0.00000220. The van der Waals surface area contributed by atoms with Crippen molar-refractivity contribution in [3.05, 3.63) is 23.8 Å². The molecule has 2 rings (SSSR count). The molecule has 1 saturated heterocycles. The first-order valence-electron chi connectivity index (χ1n) is 6.96. The van der Waals surface area contributed by atoms with Crippen LogP contribution in [0.15, 0.2) is 18.2 Å². The molecule has 1 aliphatic heterocycles. The monoisotopic (exact) mass is 314 g/mol. The van der Waals surface area contributed by atoms with Gasteiger partial charge in [-0.25, -0.2) is 0 Å². The van der Waals surface area contributed by atoms with E-state index >= 15 is 0 Å². The first-order valence-corrected chi connectivity index (χ1v) is 6.96. The Hall–Kier alpha value is -1.46. The third-order valence-corrected chi connectivity index (χ3v) is 3.54. The number of ether oxygens (including phenoxy) is 2. The van der Waals surface area contributed by atoms with Gasteiger partial charge in [0.15, 0.2) is 11.5 Å². The van der Waals surface area contributed by atoms with Crippen molar-refractivity contribution < 1.29 is 14.3 Å². The van der Waals surface area contributed by atoms with E-state index in [0.717, 1.165) is 31.4 Å². The number of benzene rings is 1. The lowest BCUT2D eigenvalue weighted by Crippen LogP contribution is -2.46. The van der Waals surface area contributed by atoms with Crippen molar-refractivity contribution in [2.24, 2.45) is 0 Å². The minimum absolute atomic E-state index is 0. The number of carbonyl (C=O) groups is 1. The molecule has 1 atom stereocenters. The normalized spacial score (nSPS) is 17.5. The third-order valence-electron chi connectivity index (χ3n) is 3.54. The molecule has 0 bridgehead atoms. The molecule has 0 saturated carbocycles. The number of halogens is 1. The van der Waals surface area contributed by atoms with Crippen molar-refractivity contribution in [1.82, 2.24) is 10.6 Å². The highest BCUT2D eigenvalue weighted by molar-refractivity contribution is 5.85. The summed E-state index contributed by atoms with van der Waals surface area (Å²) < 4.78 is 10.4. The van der Waals surface area contributed by atoms with Crippen LogP contribution in [0.2, 0.25) is 0 Å². The number of amides is 1. The largest absolute Gasteiger partial charge is 0.493 e. The van der Waals surface area contributed by atoms with Crippen LogP contribution in [-0.2, 0) is 11.3 Å². The van der Waals surface area contributed by atoms with Crippen LogP contribution in [0.4, 0.5) is 0 Å². The number of carbonyl (C=O) groups excluding carboxylic acids is 1. The molecule has 1 amide bonds. The second-order valence-electron chi connectivity index (χ2n) is 4.91. The second kappa shape index (κ2) is 8.74. The molecular formula is C15H23ClN2O3. The van der Waals surface area contributed by atoms with E-state index in [1.165, 1.54) is 0 Å². The fourth-order valence-electron chi connectivity index (χ4n) is 2.38. The predicted octanol–water partition coefficient (Wildman–Crippen LogP) is 1.88. The fourth-order valence-corrected chi connectivity index (χ4v) is 2.38. The smallest absolute Gasteiger partial charge is 0.237 e. The van der Waals surface area contributed by atoms with Crippen LogP contribution in [0.5, 0.6) is 11.5 Å². The molecule has 5 nitrogen and oxygen atoms in total. The standard InChI is InChI=1S/C15H22N2O3.ClH/c1-19-13-7-6-11(9-14(13)20-2)10-17-15(18)12-5-3-4-8-16-12;/h6-7,9,12,16H,3-5,8,10H2,1-2H3,(H,17,18);1H. The summed E-state index contributed by atoms with van der Waals surface area (Å²) in [6, 6.07) is 5.60. The molecule has 0 aromatic heterocycles. The zero-order valence-electron chi connectivity index (χ0n) is 12.5. The van der Waals surface area contributed by atoms with Gasteiger partial charge in [0.1, 0.15) is 0 Å². The summed E-state index contributed by atoms with van der Waals surface area (Å²) in [6.45, 7) is 1.42. The van der Waals surface area contributed by atoms with E-state index in [0.29, 0.717) is 18.0 Å².